The largest absolute Gasteiger partial charge is 0.481 e. The Balaban J connectivity index is 2.81. The maximum atomic E-state index is 12.5. The molecule has 0 radical (unpaired) electrons. The fourth-order valence-electron chi connectivity index (χ4n) is 2.44. The Bertz CT molecular complexity index is 322. The van der Waals surface area contributed by atoms with E-state index in [1.165, 1.54) is 0 Å². The lowest BCUT2D eigenvalue weighted by Gasteiger charge is -2.34. The third-order valence-electron chi connectivity index (χ3n) is 3.50. The molecule has 2 unspecified atom stereocenters. The molecule has 2 amide bonds. The minimum atomic E-state index is -0.896. The highest BCUT2D eigenvalue weighted by molar-refractivity contribution is 5.77. The molecular weight excluding hydrogens is 248 g/mol. The van der Waals surface area contributed by atoms with Crippen molar-refractivity contribution in [3.63, 3.8) is 0 Å². The molecule has 6 heteroatoms. The molecule has 1 aliphatic heterocycles. The molecule has 0 aliphatic carbocycles. The van der Waals surface area contributed by atoms with Gasteiger partial charge in [0.15, 0.2) is 0 Å². The highest BCUT2D eigenvalue weighted by Crippen LogP contribution is 2.21. The van der Waals surface area contributed by atoms with Crippen molar-refractivity contribution < 1.29 is 19.4 Å². The SMILES string of the molecule is CCCN(CC)C(=O)N(CC)C1COCC1C(=O)O. The van der Waals surface area contributed by atoms with E-state index < -0.39 is 11.9 Å². The van der Waals surface area contributed by atoms with Crippen LogP contribution in [-0.4, -0.2) is 65.8 Å². The van der Waals surface area contributed by atoms with Crippen molar-refractivity contribution in [2.75, 3.05) is 32.8 Å². The number of likely N-dealkylation sites (N-methyl/N-ethyl adjacent to an activating group) is 1. The molecule has 1 aliphatic rings. The van der Waals surface area contributed by atoms with Crippen LogP contribution in [0.2, 0.25) is 0 Å². The Morgan fingerprint density at radius 2 is 1.89 bits per heavy atom. The van der Waals surface area contributed by atoms with Gasteiger partial charge in [0.05, 0.1) is 19.3 Å². The highest BCUT2D eigenvalue weighted by atomic mass is 16.5. The molecule has 1 fully saturated rings. The van der Waals surface area contributed by atoms with Crippen LogP contribution in [0.25, 0.3) is 0 Å². The van der Waals surface area contributed by atoms with Gasteiger partial charge in [-0.3, -0.25) is 4.79 Å². The van der Waals surface area contributed by atoms with Gasteiger partial charge in [-0.2, -0.15) is 0 Å². The van der Waals surface area contributed by atoms with Gasteiger partial charge >= 0.3 is 12.0 Å². The molecule has 2 atom stereocenters. The van der Waals surface area contributed by atoms with E-state index >= 15 is 0 Å². The van der Waals surface area contributed by atoms with Gasteiger partial charge in [0.1, 0.15) is 5.92 Å². The van der Waals surface area contributed by atoms with Gasteiger partial charge in [0.2, 0.25) is 0 Å². The van der Waals surface area contributed by atoms with Crippen LogP contribution in [0.4, 0.5) is 4.79 Å². The smallest absolute Gasteiger partial charge is 0.320 e. The van der Waals surface area contributed by atoms with Crippen molar-refractivity contribution in [1.29, 1.82) is 0 Å². The summed E-state index contributed by atoms with van der Waals surface area (Å²) in [6.45, 7) is 8.13. The number of hydrogen-bond acceptors (Lipinski definition) is 3. The second-order valence-electron chi connectivity index (χ2n) is 4.70. The van der Waals surface area contributed by atoms with Crippen LogP contribution in [0.5, 0.6) is 0 Å². The van der Waals surface area contributed by atoms with Gasteiger partial charge in [-0.05, 0) is 20.3 Å². The predicted molar refractivity (Wildman–Crippen MR) is 71.0 cm³/mol. The zero-order valence-electron chi connectivity index (χ0n) is 12.0. The fourth-order valence-corrected chi connectivity index (χ4v) is 2.44. The average Bonchev–Trinajstić information content (AvgIpc) is 2.86. The number of carboxylic acids is 1. The summed E-state index contributed by atoms with van der Waals surface area (Å²) in [5.41, 5.74) is 0. The van der Waals surface area contributed by atoms with E-state index in [1.807, 2.05) is 20.8 Å². The molecule has 110 valence electrons. The highest BCUT2D eigenvalue weighted by Gasteiger charge is 2.40. The maximum absolute atomic E-state index is 12.5. The molecule has 1 heterocycles. The number of amides is 2. The minimum absolute atomic E-state index is 0.0893. The van der Waals surface area contributed by atoms with Crippen molar-refractivity contribution >= 4 is 12.0 Å². The minimum Gasteiger partial charge on any atom is -0.481 e. The quantitative estimate of drug-likeness (QED) is 0.790. The van der Waals surface area contributed by atoms with Crippen LogP contribution in [0, 0.1) is 5.92 Å². The molecule has 1 saturated heterocycles. The topological polar surface area (TPSA) is 70.1 Å². The molecule has 0 aromatic heterocycles. The lowest BCUT2D eigenvalue weighted by atomic mass is 10.0. The van der Waals surface area contributed by atoms with E-state index in [-0.39, 0.29) is 18.7 Å². The van der Waals surface area contributed by atoms with Gasteiger partial charge < -0.3 is 19.6 Å². The number of hydrogen-bond donors (Lipinski definition) is 1. The van der Waals surface area contributed by atoms with Gasteiger partial charge in [0.25, 0.3) is 0 Å². The van der Waals surface area contributed by atoms with E-state index in [9.17, 15) is 14.7 Å². The van der Waals surface area contributed by atoms with Gasteiger partial charge in [-0.1, -0.05) is 6.92 Å². The number of rotatable bonds is 6. The molecule has 0 aromatic rings. The molecule has 1 N–H and O–H groups in total. The third kappa shape index (κ3) is 3.59. The second-order valence-corrected chi connectivity index (χ2v) is 4.70. The van der Waals surface area contributed by atoms with E-state index in [4.69, 9.17) is 4.74 Å². The number of aliphatic carboxylic acids is 1. The van der Waals surface area contributed by atoms with Crippen LogP contribution in [0.15, 0.2) is 0 Å². The summed E-state index contributed by atoms with van der Waals surface area (Å²) in [6, 6.07) is -0.450. The standard InChI is InChI=1S/C13H24N2O4/c1-4-7-14(5-2)13(18)15(6-3)11-9-19-8-10(11)12(16)17/h10-11H,4-9H2,1-3H3,(H,16,17). The number of carbonyl (C=O) groups is 2. The second kappa shape index (κ2) is 7.33. The first kappa shape index (κ1) is 15.8. The molecule has 0 bridgehead atoms. The van der Waals surface area contributed by atoms with E-state index in [0.29, 0.717) is 26.2 Å². The maximum Gasteiger partial charge on any atom is 0.320 e. The summed E-state index contributed by atoms with van der Waals surface area (Å²) in [7, 11) is 0. The first-order valence-electron chi connectivity index (χ1n) is 6.92. The molecular formula is C13H24N2O4. The third-order valence-corrected chi connectivity index (χ3v) is 3.50. The number of nitrogens with zero attached hydrogens (tertiary/aromatic N) is 2. The summed E-state index contributed by atoms with van der Waals surface area (Å²) >= 11 is 0. The Labute approximate surface area is 114 Å². The number of urea groups is 1. The van der Waals surface area contributed by atoms with Crippen LogP contribution in [-0.2, 0) is 9.53 Å². The zero-order chi connectivity index (χ0) is 14.4. The zero-order valence-corrected chi connectivity index (χ0v) is 12.0. The van der Waals surface area contributed by atoms with Crippen LogP contribution in [0.1, 0.15) is 27.2 Å². The average molecular weight is 272 g/mol. The number of ether oxygens (including phenoxy) is 1. The summed E-state index contributed by atoms with van der Waals surface area (Å²) in [5, 5.41) is 9.18. The molecule has 0 spiro atoms. The van der Waals surface area contributed by atoms with Crippen molar-refractivity contribution in [2.24, 2.45) is 5.92 Å². The molecule has 1 rings (SSSR count). The molecule has 19 heavy (non-hydrogen) atoms. The Kier molecular flexibility index (Phi) is 6.08. The molecule has 6 nitrogen and oxygen atoms in total. The first-order valence-corrected chi connectivity index (χ1v) is 6.92. The van der Waals surface area contributed by atoms with Crippen LogP contribution >= 0.6 is 0 Å². The Hall–Kier alpha value is -1.30. The lowest BCUT2D eigenvalue weighted by molar-refractivity contribution is -0.142. The lowest BCUT2D eigenvalue weighted by Crippen LogP contribution is -2.52. The number of carboxylic acid groups (broad SMARTS) is 1. The van der Waals surface area contributed by atoms with Crippen molar-refractivity contribution in [3.05, 3.63) is 0 Å². The van der Waals surface area contributed by atoms with Crippen LogP contribution < -0.4 is 0 Å². The Morgan fingerprint density at radius 1 is 1.21 bits per heavy atom. The van der Waals surface area contributed by atoms with Gasteiger partial charge in [0, 0.05) is 19.6 Å². The fraction of sp³-hybridized carbons (Fsp3) is 0.846. The van der Waals surface area contributed by atoms with E-state index in [1.54, 1.807) is 9.80 Å². The monoisotopic (exact) mass is 272 g/mol. The Morgan fingerprint density at radius 3 is 2.37 bits per heavy atom. The first-order chi connectivity index (χ1) is 9.06. The molecule has 0 aromatic carbocycles. The molecule has 0 saturated carbocycles. The predicted octanol–water partition coefficient (Wildman–Crippen LogP) is 1.26. The van der Waals surface area contributed by atoms with Gasteiger partial charge in [-0.25, -0.2) is 4.79 Å². The summed E-state index contributed by atoms with van der Waals surface area (Å²) in [4.78, 5) is 27.0. The summed E-state index contributed by atoms with van der Waals surface area (Å²) in [5.74, 6) is -1.52. The van der Waals surface area contributed by atoms with Crippen molar-refractivity contribution in [2.45, 2.75) is 33.2 Å². The van der Waals surface area contributed by atoms with Gasteiger partial charge in [-0.15, -0.1) is 0 Å². The summed E-state index contributed by atoms with van der Waals surface area (Å²) < 4.78 is 5.24. The van der Waals surface area contributed by atoms with Crippen molar-refractivity contribution in [1.82, 2.24) is 9.80 Å². The van der Waals surface area contributed by atoms with Crippen LogP contribution in [0.3, 0.4) is 0 Å². The van der Waals surface area contributed by atoms with E-state index in [2.05, 4.69) is 0 Å². The van der Waals surface area contributed by atoms with Crippen molar-refractivity contribution in [3.8, 4) is 0 Å². The summed E-state index contributed by atoms with van der Waals surface area (Å²) in [6.07, 6.45) is 0.890. The normalized spacial score (nSPS) is 22.3. The number of carbonyl (C=O) groups excluding carboxylic acids is 1. The van der Waals surface area contributed by atoms with E-state index in [0.717, 1.165) is 6.42 Å².